The van der Waals surface area contributed by atoms with Crippen LogP contribution in [0.25, 0.3) is 0 Å². The van der Waals surface area contributed by atoms with Gasteiger partial charge in [0.15, 0.2) is 0 Å². The normalized spacial score (nSPS) is 8.20. The zero-order valence-corrected chi connectivity index (χ0v) is 9.81. The van der Waals surface area contributed by atoms with Crippen molar-refractivity contribution in [3.8, 4) is 0 Å². The standard InChI is InChI=1S/CH2O3.Ba.H2O4S/c2-1(3)4;;1-5(2,3)4/h(H2,2,3,4);;(H2,1,2,3,4)/q;+2;/p-2. The quantitative estimate of drug-likeness (QED) is 0.315. The number of rotatable bonds is 0. The molecule has 9 heteroatoms. The predicted octanol–water partition coefficient (Wildman–Crippen LogP) is -1.50. The Labute approximate surface area is 96.7 Å². The molecular weight excluding hydrogens is 293 g/mol. The molecular formula is CH2BaO7S. The van der Waals surface area contributed by atoms with Gasteiger partial charge in [-0.15, -0.1) is 0 Å². The summed E-state index contributed by atoms with van der Waals surface area (Å²) in [5.41, 5.74) is 0. The molecule has 0 rings (SSSR count). The summed E-state index contributed by atoms with van der Waals surface area (Å²) in [6, 6.07) is 0. The van der Waals surface area contributed by atoms with E-state index in [0.717, 1.165) is 0 Å². The van der Waals surface area contributed by atoms with Gasteiger partial charge in [0.25, 0.3) is 0 Å². The van der Waals surface area contributed by atoms with Gasteiger partial charge in [-0.05, 0) is 0 Å². The Kier molecular flexibility index (Phi) is 13.3. The molecule has 0 atom stereocenters. The summed E-state index contributed by atoms with van der Waals surface area (Å²) in [5, 5.41) is 13.9. The van der Waals surface area contributed by atoms with Gasteiger partial charge in [0, 0.05) is 10.4 Å². The largest absolute Gasteiger partial charge is 2.00 e. The van der Waals surface area contributed by atoms with Crippen LogP contribution in [-0.2, 0) is 10.4 Å². The molecule has 0 bridgehead atoms. The number of hydrogen-bond acceptors (Lipinski definition) is 5. The van der Waals surface area contributed by atoms with E-state index in [1.54, 1.807) is 0 Å². The maximum Gasteiger partial charge on any atom is 2.00 e. The molecule has 2 N–H and O–H groups in total. The van der Waals surface area contributed by atoms with Gasteiger partial charge in [-0.1, -0.05) is 0 Å². The van der Waals surface area contributed by atoms with E-state index in [1.807, 2.05) is 0 Å². The first-order chi connectivity index (χ1) is 3.73. The van der Waals surface area contributed by atoms with Crippen LogP contribution in [0.2, 0.25) is 0 Å². The minimum absolute atomic E-state index is 0. The molecule has 0 aromatic rings. The molecule has 0 spiro atoms. The zero-order chi connectivity index (χ0) is 8.08. The Morgan fingerprint density at radius 1 is 1.20 bits per heavy atom. The van der Waals surface area contributed by atoms with E-state index in [2.05, 4.69) is 0 Å². The van der Waals surface area contributed by atoms with Gasteiger partial charge >= 0.3 is 55.0 Å². The predicted molar refractivity (Wildman–Crippen MR) is 26.9 cm³/mol. The van der Waals surface area contributed by atoms with E-state index < -0.39 is 16.6 Å². The Bertz CT molecular complexity index is 156. The van der Waals surface area contributed by atoms with Crippen molar-refractivity contribution < 1.29 is 32.5 Å². The van der Waals surface area contributed by atoms with Gasteiger partial charge in [-0.2, -0.15) is 0 Å². The summed E-state index contributed by atoms with van der Waals surface area (Å²) in [5.74, 6) is 0. The fourth-order valence-corrected chi connectivity index (χ4v) is 0. The van der Waals surface area contributed by atoms with Crippen molar-refractivity contribution in [3.05, 3.63) is 0 Å². The van der Waals surface area contributed by atoms with Crippen LogP contribution < -0.4 is 0 Å². The fraction of sp³-hybridized carbons (Fsp3) is 0. The van der Waals surface area contributed by atoms with Gasteiger partial charge in [0.2, 0.25) is 0 Å². The molecule has 0 amide bonds. The van der Waals surface area contributed by atoms with Gasteiger partial charge in [0.05, 0.1) is 0 Å². The van der Waals surface area contributed by atoms with Crippen LogP contribution in [0.15, 0.2) is 0 Å². The summed E-state index contributed by atoms with van der Waals surface area (Å²) in [4.78, 5) is 8.56. The smallest absolute Gasteiger partial charge is 0.759 e. The van der Waals surface area contributed by atoms with Crippen molar-refractivity contribution in [2.75, 3.05) is 0 Å². The minimum atomic E-state index is -5.17. The van der Waals surface area contributed by atoms with Gasteiger partial charge in [-0.25, -0.2) is 4.79 Å². The molecule has 0 heterocycles. The van der Waals surface area contributed by atoms with E-state index in [0.29, 0.717) is 0 Å². The fourth-order valence-electron chi connectivity index (χ4n) is 0. The topological polar surface area (TPSA) is 138 Å². The maximum atomic E-state index is 8.56. The minimum Gasteiger partial charge on any atom is -0.759 e. The van der Waals surface area contributed by atoms with Crippen LogP contribution in [0.3, 0.4) is 0 Å². The molecule has 10 heavy (non-hydrogen) atoms. The average molecular weight is 295 g/mol. The van der Waals surface area contributed by atoms with Crippen molar-refractivity contribution in [2.45, 2.75) is 0 Å². The molecule has 0 aliphatic heterocycles. The first-order valence-corrected chi connectivity index (χ1v) is 2.65. The molecule has 0 fully saturated rings. The van der Waals surface area contributed by atoms with Crippen molar-refractivity contribution in [3.63, 3.8) is 0 Å². The second kappa shape index (κ2) is 7.81. The van der Waals surface area contributed by atoms with Crippen LogP contribution in [0, 0.1) is 0 Å². The van der Waals surface area contributed by atoms with Crippen molar-refractivity contribution in [2.24, 2.45) is 0 Å². The molecule has 0 saturated heterocycles. The molecule has 0 aliphatic carbocycles. The summed E-state index contributed by atoms with van der Waals surface area (Å²) in [6.45, 7) is 0. The Morgan fingerprint density at radius 3 is 1.20 bits per heavy atom. The van der Waals surface area contributed by atoms with Gasteiger partial charge < -0.3 is 19.3 Å². The van der Waals surface area contributed by atoms with Crippen LogP contribution in [0.4, 0.5) is 4.79 Å². The van der Waals surface area contributed by atoms with E-state index in [-0.39, 0.29) is 48.9 Å². The number of carbonyl (C=O) groups is 1. The van der Waals surface area contributed by atoms with E-state index in [4.69, 9.17) is 32.5 Å². The third kappa shape index (κ3) is 1020. The first kappa shape index (κ1) is 17.0. The second-order valence-electron chi connectivity index (χ2n) is 0.691. The molecule has 0 unspecified atom stereocenters. The van der Waals surface area contributed by atoms with Crippen molar-refractivity contribution in [1.82, 2.24) is 0 Å². The van der Waals surface area contributed by atoms with E-state index >= 15 is 0 Å². The maximum absolute atomic E-state index is 8.56. The Balaban J connectivity index is -0.0000000910. The SMILES string of the molecule is O=C(O)O.O=S(=O)([O-])[O-].[Ba+2]. The summed E-state index contributed by atoms with van der Waals surface area (Å²) in [7, 11) is -5.17. The molecule has 56 valence electrons. The second-order valence-corrected chi connectivity index (χ2v) is 1.51. The molecule has 7 nitrogen and oxygen atoms in total. The van der Waals surface area contributed by atoms with Crippen LogP contribution in [-0.4, -0.2) is 82.8 Å². The van der Waals surface area contributed by atoms with E-state index in [9.17, 15) is 0 Å². The van der Waals surface area contributed by atoms with Gasteiger partial charge in [0.1, 0.15) is 0 Å². The van der Waals surface area contributed by atoms with Crippen LogP contribution in [0.1, 0.15) is 0 Å². The third-order valence-corrected chi connectivity index (χ3v) is 0. The van der Waals surface area contributed by atoms with Gasteiger partial charge in [-0.3, -0.25) is 8.42 Å². The molecule has 0 radical (unpaired) electrons. The molecule has 0 aliphatic rings. The molecule has 0 aromatic carbocycles. The summed E-state index contributed by atoms with van der Waals surface area (Å²) in [6.07, 6.45) is -1.83. The molecule has 0 saturated carbocycles. The Hall–Kier alpha value is 0.711. The van der Waals surface area contributed by atoms with Crippen LogP contribution >= 0.6 is 0 Å². The van der Waals surface area contributed by atoms with Crippen molar-refractivity contribution >= 4 is 65.4 Å². The average Bonchev–Trinajstić information content (AvgIpc) is 1.19. The monoisotopic (exact) mass is 296 g/mol. The van der Waals surface area contributed by atoms with Crippen LogP contribution in [0.5, 0.6) is 0 Å². The zero-order valence-electron chi connectivity index (χ0n) is 4.55. The van der Waals surface area contributed by atoms with Crippen molar-refractivity contribution in [1.29, 1.82) is 0 Å². The Morgan fingerprint density at radius 2 is 1.20 bits per heavy atom. The van der Waals surface area contributed by atoms with E-state index in [1.165, 1.54) is 0 Å². The number of hydrogen-bond donors (Lipinski definition) is 2. The summed E-state index contributed by atoms with van der Waals surface area (Å²) >= 11 is 0. The third-order valence-electron chi connectivity index (χ3n) is 0. The number of carboxylic acid groups (broad SMARTS) is 2. The molecule has 0 aromatic heterocycles. The summed E-state index contributed by atoms with van der Waals surface area (Å²) < 4.78 is 34.1. The first-order valence-electron chi connectivity index (χ1n) is 1.32.